The van der Waals surface area contributed by atoms with E-state index in [1.807, 2.05) is 30.3 Å². The van der Waals surface area contributed by atoms with Crippen molar-refractivity contribution in [2.45, 2.75) is 0 Å². The Morgan fingerprint density at radius 1 is 0.938 bits per heavy atom. The molecule has 0 aliphatic rings. The summed E-state index contributed by atoms with van der Waals surface area (Å²) in [7, 11) is 1.46. The Morgan fingerprint density at radius 3 is 2.50 bits per heavy atom. The van der Waals surface area contributed by atoms with Gasteiger partial charge in [-0.2, -0.15) is 5.10 Å². The van der Waals surface area contributed by atoms with Crippen molar-refractivity contribution in [3.05, 3.63) is 95.9 Å². The second-order valence-electron chi connectivity index (χ2n) is 6.86. The van der Waals surface area contributed by atoms with E-state index < -0.39 is 11.7 Å². The lowest BCUT2D eigenvalue weighted by Crippen LogP contribution is -2.15. The van der Waals surface area contributed by atoms with Crippen molar-refractivity contribution in [1.82, 2.24) is 10.2 Å². The molecule has 0 aliphatic carbocycles. The van der Waals surface area contributed by atoms with Crippen LogP contribution >= 0.6 is 0 Å². The van der Waals surface area contributed by atoms with Gasteiger partial charge < -0.3 is 15.4 Å². The van der Waals surface area contributed by atoms with Crippen molar-refractivity contribution in [1.29, 1.82) is 0 Å². The van der Waals surface area contributed by atoms with Crippen molar-refractivity contribution in [3.63, 3.8) is 0 Å². The second-order valence-corrected chi connectivity index (χ2v) is 6.86. The van der Waals surface area contributed by atoms with Gasteiger partial charge >= 0.3 is 0 Å². The number of nitrogens with one attached hydrogen (secondary N) is 3. The molecule has 4 rings (SSSR count). The lowest BCUT2D eigenvalue weighted by molar-refractivity contribution is 0.101. The summed E-state index contributed by atoms with van der Waals surface area (Å²) in [5, 5.41) is 12.3. The minimum Gasteiger partial charge on any atom is -0.495 e. The minimum absolute atomic E-state index is 0.160. The molecule has 0 aliphatic heterocycles. The van der Waals surface area contributed by atoms with Gasteiger partial charge in [0, 0.05) is 16.8 Å². The van der Waals surface area contributed by atoms with Gasteiger partial charge in [-0.05, 0) is 36.4 Å². The quantitative estimate of drug-likeness (QED) is 0.412. The number of nitrogens with zero attached hydrogens (tertiary/aromatic N) is 1. The maximum atomic E-state index is 13.4. The van der Waals surface area contributed by atoms with Crippen molar-refractivity contribution in [2.24, 2.45) is 0 Å². The summed E-state index contributed by atoms with van der Waals surface area (Å²) >= 11 is 0. The van der Waals surface area contributed by atoms with E-state index in [-0.39, 0.29) is 11.5 Å². The van der Waals surface area contributed by atoms with Crippen LogP contribution in [-0.2, 0) is 0 Å². The predicted molar refractivity (Wildman–Crippen MR) is 119 cm³/mol. The Hall–Kier alpha value is -4.46. The molecule has 4 aromatic rings. The highest BCUT2D eigenvalue weighted by Gasteiger charge is 2.17. The van der Waals surface area contributed by atoms with E-state index in [0.717, 1.165) is 11.6 Å². The second kappa shape index (κ2) is 9.13. The molecule has 0 radical (unpaired) electrons. The fourth-order valence-corrected chi connectivity index (χ4v) is 3.19. The molecule has 3 N–H and O–H groups in total. The van der Waals surface area contributed by atoms with Crippen molar-refractivity contribution in [2.75, 3.05) is 17.7 Å². The maximum absolute atomic E-state index is 13.4. The highest BCUT2D eigenvalue weighted by Crippen LogP contribution is 2.29. The third kappa shape index (κ3) is 4.49. The van der Waals surface area contributed by atoms with E-state index in [2.05, 4.69) is 20.8 Å². The van der Waals surface area contributed by atoms with E-state index in [9.17, 15) is 14.0 Å². The maximum Gasteiger partial charge on any atom is 0.259 e. The molecule has 160 valence electrons. The van der Waals surface area contributed by atoms with Gasteiger partial charge in [0.2, 0.25) is 0 Å². The topological polar surface area (TPSA) is 96.1 Å². The zero-order chi connectivity index (χ0) is 22.5. The van der Waals surface area contributed by atoms with Crippen LogP contribution in [0.2, 0.25) is 0 Å². The third-order valence-electron chi connectivity index (χ3n) is 4.74. The first-order valence-electron chi connectivity index (χ1n) is 9.70. The Kier molecular flexibility index (Phi) is 5.94. The molecule has 0 bridgehead atoms. The summed E-state index contributed by atoms with van der Waals surface area (Å²) in [5.74, 6) is -1.00. The van der Waals surface area contributed by atoms with Crippen LogP contribution in [0.5, 0.6) is 5.75 Å². The van der Waals surface area contributed by atoms with E-state index in [4.69, 9.17) is 4.74 Å². The Bertz CT molecular complexity index is 1270. The lowest BCUT2D eigenvalue weighted by atomic mass is 10.1. The molecule has 0 atom stereocenters. The van der Waals surface area contributed by atoms with Gasteiger partial charge in [0.15, 0.2) is 0 Å². The smallest absolute Gasteiger partial charge is 0.259 e. The van der Waals surface area contributed by atoms with Crippen LogP contribution in [0.25, 0.3) is 11.3 Å². The SMILES string of the molecule is COc1ccc(NC(=O)c2cn[nH]c2-c2ccccc2)cc1NC(=O)c1cccc(F)c1. The first kappa shape index (κ1) is 20.8. The number of ether oxygens (including phenoxy) is 1. The molecule has 0 saturated carbocycles. The number of halogens is 1. The summed E-state index contributed by atoms with van der Waals surface area (Å²) in [6.45, 7) is 0. The Balaban J connectivity index is 1.56. The van der Waals surface area contributed by atoms with Gasteiger partial charge in [-0.25, -0.2) is 4.39 Å². The summed E-state index contributed by atoms with van der Waals surface area (Å²) in [6, 6.07) is 19.5. The van der Waals surface area contributed by atoms with Crippen LogP contribution in [0, 0.1) is 5.82 Å². The average Bonchev–Trinajstić information content (AvgIpc) is 3.30. The van der Waals surface area contributed by atoms with Crippen LogP contribution in [0.1, 0.15) is 20.7 Å². The van der Waals surface area contributed by atoms with Crippen molar-refractivity contribution < 1.29 is 18.7 Å². The van der Waals surface area contributed by atoms with Crippen LogP contribution < -0.4 is 15.4 Å². The number of methoxy groups -OCH3 is 1. The van der Waals surface area contributed by atoms with Gasteiger partial charge in [0.1, 0.15) is 11.6 Å². The molecule has 32 heavy (non-hydrogen) atoms. The molecule has 0 saturated heterocycles. The molecular weight excluding hydrogens is 411 g/mol. The minimum atomic E-state index is -0.514. The summed E-state index contributed by atoms with van der Waals surface area (Å²) in [5.41, 5.74) is 2.72. The Labute approximate surface area is 183 Å². The molecule has 1 aromatic heterocycles. The fraction of sp³-hybridized carbons (Fsp3) is 0.0417. The van der Waals surface area contributed by atoms with Crippen LogP contribution in [0.15, 0.2) is 79.0 Å². The van der Waals surface area contributed by atoms with E-state index >= 15 is 0 Å². The number of benzene rings is 3. The number of carbonyl (C=O) groups excluding carboxylic acids is 2. The number of carbonyl (C=O) groups is 2. The van der Waals surface area contributed by atoms with E-state index in [0.29, 0.717) is 28.4 Å². The molecule has 3 aromatic carbocycles. The van der Waals surface area contributed by atoms with Crippen molar-refractivity contribution in [3.8, 4) is 17.0 Å². The lowest BCUT2D eigenvalue weighted by Gasteiger charge is -2.13. The number of hydrogen-bond donors (Lipinski definition) is 3. The number of aromatic amines is 1. The summed E-state index contributed by atoms with van der Waals surface area (Å²) in [4.78, 5) is 25.4. The number of amides is 2. The van der Waals surface area contributed by atoms with Crippen LogP contribution in [0.3, 0.4) is 0 Å². The zero-order valence-electron chi connectivity index (χ0n) is 17.1. The number of anilines is 2. The molecule has 2 amide bonds. The monoisotopic (exact) mass is 430 g/mol. The normalized spacial score (nSPS) is 10.4. The van der Waals surface area contributed by atoms with Gasteiger partial charge in [-0.3, -0.25) is 14.7 Å². The van der Waals surface area contributed by atoms with Gasteiger partial charge in [0.05, 0.1) is 30.3 Å². The van der Waals surface area contributed by atoms with E-state index in [1.54, 1.807) is 18.2 Å². The fourth-order valence-electron chi connectivity index (χ4n) is 3.19. The average molecular weight is 430 g/mol. The standard InChI is InChI=1S/C24H19FN4O3/c1-32-21-11-10-18(13-20(21)28-23(30)16-8-5-9-17(25)12-16)27-24(31)19-14-26-29-22(19)15-6-3-2-4-7-15/h2-14H,1H3,(H,26,29)(H,27,31)(H,28,30). The largest absolute Gasteiger partial charge is 0.495 e. The predicted octanol–water partition coefficient (Wildman–Crippen LogP) is 4.73. The first-order chi connectivity index (χ1) is 15.5. The van der Waals surface area contributed by atoms with Gasteiger partial charge in [-0.1, -0.05) is 36.4 Å². The Morgan fingerprint density at radius 2 is 1.75 bits per heavy atom. The zero-order valence-corrected chi connectivity index (χ0v) is 17.1. The van der Waals surface area contributed by atoms with Crippen LogP contribution in [0.4, 0.5) is 15.8 Å². The summed E-state index contributed by atoms with van der Waals surface area (Å²) < 4.78 is 18.7. The van der Waals surface area contributed by atoms with E-state index in [1.165, 1.54) is 31.5 Å². The summed E-state index contributed by atoms with van der Waals surface area (Å²) in [6.07, 6.45) is 1.45. The molecule has 0 fully saturated rings. The number of H-pyrrole nitrogens is 1. The molecule has 7 nitrogen and oxygen atoms in total. The molecule has 0 spiro atoms. The van der Waals surface area contributed by atoms with Crippen LogP contribution in [-0.4, -0.2) is 29.1 Å². The van der Waals surface area contributed by atoms with Crippen molar-refractivity contribution >= 4 is 23.2 Å². The molecule has 8 heteroatoms. The molecular formula is C24H19FN4O3. The number of hydrogen-bond acceptors (Lipinski definition) is 4. The number of rotatable bonds is 6. The molecule has 1 heterocycles. The van der Waals surface area contributed by atoms with Gasteiger partial charge in [-0.15, -0.1) is 0 Å². The first-order valence-corrected chi connectivity index (χ1v) is 9.70. The highest BCUT2D eigenvalue weighted by molar-refractivity contribution is 6.09. The number of aromatic nitrogens is 2. The molecule has 0 unspecified atom stereocenters. The van der Waals surface area contributed by atoms with Gasteiger partial charge in [0.25, 0.3) is 11.8 Å². The highest BCUT2D eigenvalue weighted by atomic mass is 19.1. The third-order valence-corrected chi connectivity index (χ3v) is 4.74.